The molecule has 0 atom stereocenters. The molecule has 1 heterocycles. The second-order valence-electron chi connectivity index (χ2n) is 27.3. The molecule has 0 fully saturated rings. The lowest BCUT2D eigenvalue weighted by atomic mass is 9.82. The monoisotopic (exact) mass is 1200 g/mol. The van der Waals surface area contributed by atoms with Gasteiger partial charge in [-0.1, -0.05) is 218 Å². The van der Waals surface area contributed by atoms with E-state index in [1.165, 1.54) is 60.5 Å². The molecule has 0 amide bonds. The summed E-state index contributed by atoms with van der Waals surface area (Å²) < 4.78 is 23.6. The Labute approximate surface area is 534 Å². The molecule has 1 aromatic heterocycles. The number of anilines is 3. The van der Waals surface area contributed by atoms with Crippen LogP contribution >= 0.6 is 11.3 Å². The summed E-state index contributed by atoms with van der Waals surface area (Å²) in [5.41, 5.74) is 16.8. The van der Waals surface area contributed by atoms with Gasteiger partial charge in [0.2, 0.25) is 0 Å². The molecule has 0 N–H and O–H groups in total. The third-order valence-electron chi connectivity index (χ3n) is 16.1. The first-order chi connectivity index (χ1) is 42.3. The highest BCUT2D eigenvalue weighted by Crippen LogP contribution is 2.52. The predicted octanol–water partition coefficient (Wildman–Crippen LogP) is 23.6. The summed E-state index contributed by atoms with van der Waals surface area (Å²) in [6.07, 6.45) is 0. The van der Waals surface area contributed by atoms with Crippen LogP contribution in [0.3, 0.4) is 0 Å². The smallest absolute Gasteiger partial charge is 0.131 e. The van der Waals surface area contributed by atoms with E-state index in [-0.39, 0.29) is 27.1 Å². The number of aromatic nitrogens is 1. The Hall–Kier alpha value is -8.91. The van der Waals surface area contributed by atoms with Gasteiger partial charge in [-0.3, -0.25) is 0 Å². The molecule has 7 heteroatoms. The van der Waals surface area contributed by atoms with Gasteiger partial charge in [0.15, 0.2) is 0 Å². The molecule has 1 aliphatic rings. The van der Waals surface area contributed by atoms with E-state index in [9.17, 15) is 0 Å². The Morgan fingerprint density at radius 1 is 0.348 bits per heavy atom. The largest absolute Gasteiger partial charge is 0.497 e. The minimum absolute atomic E-state index is 0.0857. The van der Waals surface area contributed by atoms with Crippen molar-refractivity contribution in [2.45, 2.75) is 124 Å². The topological polar surface area (TPSA) is 53.1 Å². The van der Waals surface area contributed by atoms with Gasteiger partial charge in [-0.2, -0.15) is 0 Å². The van der Waals surface area contributed by atoms with Crippen molar-refractivity contribution >= 4 is 38.6 Å². The number of thiazole rings is 1. The maximum atomic E-state index is 6.09. The average Bonchev–Trinajstić information content (AvgIpc) is 1.62. The third-order valence-corrected chi connectivity index (χ3v) is 17.2. The van der Waals surface area contributed by atoms with E-state index in [0.29, 0.717) is 0 Å². The van der Waals surface area contributed by atoms with Crippen LogP contribution in [-0.4, -0.2) is 19.2 Å². The Balaban J connectivity index is 0.000000158. The quantitative estimate of drug-likeness (QED) is 0.136. The summed E-state index contributed by atoms with van der Waals surface area (Å²) in [6, 6.07) is 84.1. The molecule has 0 bridgehead atoms. The zero-order chi connectivity index (χ0) is 63.7. The van der Waals surface area contributed by atoms with Gasteiger partial charge in [-0.25, -0.2) is 4.98 Å². The molecular weight excluding hydrogens is 1110 g/mol. The molecule has 0 aliphatic heterocycles. The highest BCUT2D eigenvalue weighted by molar-refractivity contribution is 7.21. The van der Waals surface area contributed by atoms with Gasteiger partial charge in [0, 0.05) is 34.1 Å². The van der Waals surface area contributed by atoms with E-state index in [2.05, 4.69) is 272 Å². The van der Waals surface area contributed by atoms with Crippen LogP contribution in [0, 0.1) is 0 Å². The normalized spacial score (nSPS) is 12.4. The maximum Gasteiger partial charge on any atom is 0.131 e. The van der Waals surface area contributed by atoms with Crippen LogP contribution in [0.15, 0.2) is 243 Å². The van der Waals surface area contributed by atoms with E-state index in [4.69, 9.17) is 23.9 Å². The van der Waals surface area contributed by atoms with Crippen molar-refractivity contribution in [2.75, 3.05) is 19.1 Å². The summed E-state index contributed by atoms with van der Waals surface area (Å²) in [5.74, 6) is 5.02. The molecular formula is C82H88N2O4S. The molecule has 0 saturated heterocycles. The van der Waals surface area contributed by atoms with E-state index < -0.39 is 0 Å². The van der Waals surface area contributed by atoms with E-state index in [0.717, 1.165) is 56.4 Å². The third kappa shape index (κ3) is 16.2. The lowest BCUT2D eigenvalue weighted by Gasteiger charge is -2.28. The van der Waals surface area contributed by atoms with Gasteiger partial charge in [-0.15, -0.1) is 11.3 Å². The summed E-state index contributed by atoms with van der Waals surface area (Å²) in [5, 5.41) is 1.08. The number of hydrogen-bond donors (Lipinski definition) is 0. The summed E-state index contributed by atoms with van der Waals surface area (Å²) >= 11 is 1.76. The zero-order valence-electron chi connectivity index (χ0n) is 55.0. The molecule has 1 aliphatic carbocycles. The number of nitrogens with zero attached hydrogens (tertiary/aromatic N) is 2. The van der Waals surface area contributed by atoms with Crippen LogP contribution in [0.1, 0.15) is 130 Å². The minimum atomic E-state index is -0.119. The Morgan fingerprint density at radius 3 is 1.19 bits per heavy atom. The number of fused-ring (bicyclic) bond motifs is 4. The molecule has 10 aromatic carbocycles. The molecule has 0 unspecified atom stereocenters. The number of ether oxygens (including phenoxy) is 4. The molecule has 0 saturated carbocycles. The number of methoxy groups -OCH3 is 2. The van der Waals surface area contributed by atoms with E-state index in [1.54, 1.807) is 25.6 Å². The van der Waals surface area contributed by atoms with Crippen LogP contribution in [0.25, 0.3) is 31.9 Å². The fourth-order valence-electron chi connectivity index (χ4n) is 10.7. The second-order valence-corrected chi connectivity index (χ2v) is 28.3. The zero-order valence-corrected chi connectivity index (χ0v) is 55.8. The second kappa shape index (κ2) is 27.2. The molecule has 0 radical (unpaired) electrons. The van der Waals surface area contributed by atoms with Crippen LogP contribution in [0.2, 0.25) is 0 Å². The van der Waals surface area contributed by atoms with Gasteiger partial charge in [-0.05, 0) is 181 Å². The maximum absolute atomic E-state index is 6.09. The fraction of sp³-hybridized carbons (Fsp3) is 0.256. The van der Waals surface area contributed by atoms with Crippen molar-refractivity contribution in [1.82, 2.24) is 4.98 Å². The standard InChI is InChI=1S/C34H26N2S.C26H30O2.2C11H16O/c1-34(2)29-21-23(33-35-31-15-9-10-16-32(31)37-33)17-19-27(29)28-20-18-26(22-30(28)34)36(24-11-5-3-6-12-24)25-13-7-4-8-14-25;1-25(2,3)19-10-7-12-21(16-19)27-23-14-9-15-24(18-23)28-22-13-8-11-20(17-22)26(4,5)6;2*1-11(2,3)9-5-7-10(12-4)8-6-9/h3-22H,1-2H3;7-18H,1-6H3;2*5-8H,1-4H3. The van der Waals surface area contributed by atoms with Crippen LogP contribution in [-0.2, 0) is 27.1 Å². The lowest BCUT2D eigenvalue weighted by molar-refractivity contribution is 0.414. The fourth-order valence-corrected chi connectivity index (χ4v) is 11.7. The highest BCUT2D eigenvalue weighted by atomic mass is 32.1. The van der Waals surface area contributed by atoms with Crippen molar-refractivity contribution < 1.29 is 18.9 Å². The summed E-state index contributed by atoms with van der Waals surface area (Å²) in [4.78, 5) is 7.26. The Bertz CT molecular complexity index is 3900. The van der Waals surface area contributed by atoms with Crippen LogP contribution in [0.5, 0.6) is 34.5 Å². The highest BCUT2D eigenvalue weighted by Gasteiger charge is 2.36. The first kappa shape index (κ1) is 64.6. The number of hydrogen-bond acceptors (Lipinski definition) is 7. The van der Waals surface area contributed by atoms with E-state index in [1.807, 2.05) is 72.8 Å². The van der Waals surface area contributed by atoms with Crippen molar-refractivity contribution in [3.8, 4) is 56.2 Å². The van der Waals surface area contributed by atoms with E-state index >= 15 is 0 Å². The summed E-state index contributed by atoms with van der Waals surface area (Å²) in [7, 11) is 3.37. The van der Waals surface area contributed by atoms with Gasteiger partial charge in [0.1, 0.15) is 39.5 Å². The molecule has 6 nitrogen and oxygen atoms in total. The SMILES string of the molecule is CC(C)(C)c1cccc(Oc2cccc(Oc3cccc(C(C)(C)C)c3)c2)c1.CC1(C)c2cc(-c3nc4ccccc4s3)ccc2-c2ccc(N(c3ccccc3)c3ccccc3)cc21.COc1ccc(C(C)(C)C)cc1.COc1ccc(C(C)(C)C)cc1. The molecule has 12 rings (SSSR count). The molecule has 0 spiro atoms. The first-order valence-electron chi connectivity index (χ1n) is 30.8. The van der Waals surface area contributed by atoms with Gasteiger partial charge in [0.25, 0.3) is 0 Å². The number of benzene rings is 10. The van der Waals surface area contributed by atoms with Gasteiger partial charge < -0.3 is 23.8 Å². The molecule has 11 aromatic rings. The molecule has 89 heavy (non-hydrogen) atoms. The molecule has 456 valence electrons. The predicted molar refractivity (Wildman–Crippen MR) is 378 cm³/mol. The average molecular weight is 1200 g/mol. The van der Waals surface area contributed by atoms with Crippen molar-refractivity contribution in [3.05, 3.63) is 276 Å². The van der Waals surface area contributed by atoms with Crippen molar-refractivity contribution in [2.24, 2.45) is 0 Å². The van der Waals surface area contributed by atoms with Crippen LogP contribution in [0.4, 0.5) is 17.1 Å². The van der Waals surface area contributed by atoms with Crippen molar-refractivity contribution in [3.63, 3.8) is 0 Å². The van der Waals surface area contributed by atoms with Crippen molar-refractivity contribution in [1.29, 1.82) is 0 Å². The first-order valence-corrected chi connectivity index (χ1v) is 31.6. The minimum Gasteiger partial charge on any atom is -0.497 e. The number of rotatable bonds is 10. The number of para-hydroxylation sites is 3. The Morgan fingerprint density at radius 2 is 0.753 bits per heavy atom. The summed E-state index contributed by atoms with van der Waals surface area (Å²) in [6.45, 7) is 31.1. The van der Waals surface area contributed by atoms with Crippen LogP contribution < -0.4 is 23.8 Å². The Kier molecular flexibility index (Phi) is 19.8. The lowest BCUT2D eigenvalue weighted by Crippen LogP contribution is -2.16. The van der Waals surface area contributed by atoms with Gasteiger partial charge in [0.05, 0.1) is 24.4 Å². The van der Waals surface area contributed by atoms with Gasteiger partial charge >= 0.3 is 0 Å².